The van der Waals surface area contributed by atoms with E-state index in [2.05, 4.69) is 10.0 Å². The predicted molar refractivity (Wildman–Crippen MR) is 116 cm³/mol. The van der Waals surface area contributed by atoms with Gasteiger partial charge in [0.05, 0.1) is 16.3 Å². The number of carbonyl (C=O) groups is 1. The average molecular weight is 469 g/mol. The number of hydrogen-bond acceptors (Lipinski definition) is 7. The number of sulfone groups is 1. The summed E-state index contributed by atoms with van der Waals surface area (Å²) in [4.78, 5) is 11.5. The summed E-state index contributed by atoms with van der Waals surface area (Å²) in [7, 11) is -6.96. The van der Waals surface area contributed by atoms with Crippen LogP contribution >= 0.6 is 0 Å². The van der Waals surface area contributed by atoms with Crippen molar-refractivity contribution < 1.29 is 31.1 Å². The summed E-state index contributed by atoms with van der Waals surface area (Å²) in [5.74, 6) is 0.576. The van der Waals surface area contributed by atoms with Crippen LogP contribution in [0.25, 0.3) is 0 Å². The van der Waals surface area contributed by atoms with Crippen LogP contribution in [0.5, 0.6) is 11.5 Å². The van der Waals surface area contributed by atoms with Crippen molar-refractivity contribution in [1.82, 2.24) is 4.72 Å². The summed E-state index contributed by atoms with van der Waals surface area (Å²) in [6, 6.07) is 10.2. The normalized spacial score (nSPS) is 14.8. The van der Waals surface area contributed by atoms with Gasteiger partial charge in [0.2, 0.25) is 10.0 Å². The summed E-state index contributed by atoms with van der Waals surface area (Å²) in [6.07, 6.45) is 0. The zero-order valence-electron chi connectivity index (χ0n) is 17.1. The van der Waals surface area contributed by atoms with Gasteiger partial charge in [0.25, 0.3) is 5.91 Å². The highest BCUT2D eigenvalue weighted by atomic mass is 32.2. The summed E-state index contributed by atoms with van der Waals surface area (Å²) in [5, 5.41) is 2.69. The Hall–Kier alpha value is -2.63. The van der Waals surface area contributed by atoms with Crippen LogP contribution in [0.3, 0.4) is 0 Å². The molecule has 9 nitrogen and oxygen atoms in total. The van der Waals surface area contributed by atoms with Gasteiger partial charge < -0.3 is 14.8 Å². The standard InChI is InChI=1S/C20H24N2O7S2/c1-3-30(24,25)11-10-28-16-5-7-17(8-6-16)31(26,27)22-14(2)15-4-9-19-18(12-15)21-20(23)13-29-19/h4-9,12,14,22H,3,10-11,13H2,1-2H3,(H,21,23). The minimum atomic E-state index is -3.82. The van der Waals surface area contributed by atoms with E-state index in [0.29, 0.717) is 22.7 Å². The molecular weight excluding hydrogens is 444 g/mol. The van der Waals surface area contributed by atoms with Crippen molar-refractivity contribution in [3.63, 3.8) is 0 Å². The molecule has 1 amide bonds. The highest BCUT2D eigenvalue weighted by Crippen LogP contribution is 2.31. The maximum Gasteiger partial charge on any atom is 0.262 e. The van der Waals surface area contributed by atoms with Gasteiger partial charge in [-0.2, -0.15) is 0 Å². The maximum atomic E-state index is 12.7. The number of ether oxygens (including phenoxy) is 2. The molecule has 168 valence electrons. The molecule has 11 heteroatoms. The SMILES string of the molecule is CCS(=O)(=O)CCOc1ccc(S(=O)(=O)NC(C)c2ccc3c(c2)NC(=O)CO3)cc1. The third-order valence-electron chi connectivity index (χ3n) is 4.71. The molecule has 0 radical (unpaired) electrons. The molecule has 31 heavy (non-hydrogen) atoms. The van der Waals surface area contributed by atoms with Crippen LogP contribution in [0, 0.1) is 0 Å². The van der Waals surface area contributed by atoms with Gasteiger partial charge in [-0.3, -0.25) is 4.79 Å². The Morgan fingerprint density at radius 2 is 1.84 bits per heavy atom. The van der Waals surface area contributed by atoms with E-state index in [1.807, 2.05) is 0 Å². The smallest absolute Gasteiger partial charge is 0.262 e. The molecule has 0 aromatic heterocycles. The number of benzene rings is 2. The molecule has 2 aromatic rings. The first-order valence-corrected chi connectivity index (χ1v) is 12.9. The number of fused-ring (bicyclic) bond motifs is 1. The van der Waals surface area contributed by atoms with Gasteiger partial charge in [0.1, 0.15) is 18.1 Å². The number of anilines is 1. The number of rotatable bonds is 9. The van der Waals surface area contributed by atoms with Crippen LogP contribution < -0.4 is 19.5 Å². The molecule has 0 spiro atoms. The molecule has 0 aliphatic carbocycles. The van der Waals surface area contributed by atoms with E-state index in [0.717, 1.165) is 0 Å². The van der Waals surface area contributed by atoms with Gasteiger partial charge in [-0.25, -0.2) is 21.6 Å². The number of carbonyl (C=O) groups excluding carboxylic acids is 1. The summed E-state index contributed by atoms with van der Waals surface area (Å²) in [5.41, 5.74) is 1.15. The Morgan fingerprint density at radius 3 is 2.52 bits per heavy atom. The molecule has 1 aliphatic heterocycles. The van der Waals surface area contributed by atoms with Crippen LogP contribution in [0.1, 0.15) is 25.5 Å². The van der Waals surface area contributed by atoms with Crippen molar-refractivity contribution in [1.29, 1.82) is 0 Å². The Balaban J connectivity index is 1.65. The molecule has 0 bridgehead atoms. The predicted octanol–water partition coefficient (Wildman–Crippen LogP) is 1.87. The van der Waals surface area contributed by atoms with Gasteiger partial charge >= 0.3 is 0 Å². The zero-order chi connectivity index (χ0) is 22.6. The highest BCUT2D eigenvalue weighted by Gasteiger charge is 2.21. The van der Waals surface area contributed by atoms with Crippen LogP contribution in [-0.2, 0) is 24.7 Å². The van der Waals surface area contributed by atoms with E-state index in [1.54, 1.807) is 32.0 Å². The number of nitrogens with one attached hydrogen (secondary N) is 2. The van der Waals surface area contributed by atoms with Crippen molar-refractivity contribution >= 4 is 31.5 Å². The fraction of sp³-hybridized carbons (Fsp3) is 0.350. The molecule has 1 heterocycles. The molecule has 1 unspecified atom stereocenters. The van der Waals surface area contributed by atoms with Crippen molar-refractivity contribution in [3.05, 3.63) is 48.0 Å². The van der Waals surface area contributed by atoms with Crippen molar-refractivity contribution in [2.75, 3.05) is 30.0 Å². The Kier molecular flexibility index (Phi) is 6.87. The van der Waals surface area contributed by atoms with E-state index >= 15 is 0 Å². The molecule has 0 saturated carbocycles. The van der Waals surface area contributed by atoms with Gasteiger partial charge in [-0.05, 0) is 48.9 Å². The molecule has 2 N–H and O–H groups in total. The molecule has 3 rings (SSSR count). The monoisotopic (exact) mass is 468 g/mol. The molecule has 1 aliphatic rings. The third-order valence-corrected chi connectivity index (χ3v) is 7.93. The van der Waals surface area contributed by atoms with E-state index < -0.39 is 25.9 Å². The van der Waals surface area contributed by atoms with Crippen LogP contribution in [-0.4, -0.2) is 47.5 Å². The molecule has 0 saturated heterocycles. The largest absolute Gasteiger partial charge is 0.493 e. The summed E-state index contributed by atoms with van der Waals surface area (Å²) in [6.45, 7) is 3.20. The fourth-order valence-electron chi connectivity index (χ4n) is 2.88. The molecule has 2 aromatic carbocycles. The first-order chi connectivity index (χ1) is 14.6. The van der Waals surface area contributed by atoms with E-state index in [1.165, 1.54) is 24.3 Å². The summed E-state index contributed by atoms with van der Waals surface area (Å²) >= 11 is 0. The molecule has 1 atom stereocenters. The number of amides is 1. The van der Waals surface area contributed by atoms with Gasteiger partial charge in [0.15, 0.2) is 16.4 Å². The Bertz CT molecular complexity index is 1160. The van der Waals surface area contributed by atoms with Crippen LogP contribution in [0.15, 0.2) is 47.4 Å². The average Bonchev–Trinajstić information content (AvgIpc) is 2.73. The third kappa shape index (κ3) is 5.96. The highest BCUT2D eigenvalue weighted by molar-refractivity contribution is 7.91. The van der Waals surface area contributed by atoms with Crippen LogP contribution in [0.4, 0.5) is 5.69 Å². The molecule has 0 fully saturated rings. The minimum Gasteiger partial charge on any atom is -0.493 e. The Morgan fingerprint density at radius 1 is 1.13 bits per heavy atom. The van der Waals surface area contributed by atoms with E-state index in [-0.39, 0.29) is 35.5 Å². The lowest BCUT2D eigenvalue weighted by Gasteiger charge is -2.21. The number of hydrogen-bond donors (Lipinski definition) is 2. The second-order valence-electron chi connectivity index (χ2n) is 6.99. The van der Waals surface area contributed by atoms with Gasteiger partial charge in [-0.1, -0.05) is 13.0 Å². The zero-order valence-corrected chi connectivity index (χ0v) is 18.8. The fourth-order valence-corrected chi connectivity index (χ4v) is 4.74. The minimum absolute atomic E-state index is 0.00383. The van der Waals surface area contributed by atoms with Gasteiger partial charge in [-0.15, -0.1) is 0 Å². The Labute approximate surface area is 181 Å². The topological polar surface area (TPSA) is 128 Å². The number of sulfonamides is 1. The van der Waals surface area contributed by atoms with E-state index in [4.69, 9.17) is 9.47 Å². The lowest BCUT2D eigenvalue weighted by Crippen LogP contribution is -2.28. The van der Waals surface area contributed by atoms with Crippen LogP contribution in [0.2, 0.25) is 0 Å². The molecular formula is C20H24N2O7S2. The maximum absolute atomic E-state index is 12.7. The first-order valence-electron chi connectivity index (χ1n) is 9.62. The first kappa shape index (κ1) is 23.0. The van der Waals surface area contributed by atoms with Crippen molar-refractivity contribution in [2.24, 2.45) is 0 Å². The lowest BCUT2D eigenvalue weighted by atomic mass is 10.1. The lowest BCUT2D eigenvalue weighted by molar-refractivity contribution is -0.118. The van der Waals surface area contributed by atoms with Crippen molar-refractivity contribution in [3.8, 4) is 11.5 Å². The quantitative estimate of drug-likeness (QED) is 0.575. The second kappa shape index (κ2) is 9.25. The van der Waals surface area contributed by atoms with Crippen molar-refractivity contribution in [2.45, 2.75) is 24.8 Å². The second-order valence-corrected chi connectivity index (χ2v) is 11.2. The summed E-state index contributed by atoms with van der Waals surface area (Å²) < 4.78 is 61.7. The van der Waals surface area contributed by atoms with Gasteiger partial charge in [0, 0.05) is 11.8 Å². The van der Waals surface area contributed by atoms with E-state index in [9.17, 15) is 21.6 Å².